The first-order valence-corrected chi connectivity index (χ1v) is 5.05. The molecule has 0 fully saturated rings. The van der Waals surface area contributed by atoms with Gasteiger partial charge in [0.05, 0.1) is 11.8 Å². The smallest absolute Gasteiger partial charge is 0.387 e. The summed E-state index contributed by atoms with van der Waals surface area (Å²) in [6, 6.07) is 12.4. The third-order valence-corrected chi connectivity index (χ3v) is 2.36. The lowest BCUT2D eigenvalue weighted by atomic mass is 10.2. The van der Waals surface area contributed by atoms with Crippen molar-refractivity contribution in [2.45, 2.75) is 0 Å². The molecule has 0 bridgehead atoms. The second-order valence-electron chi connectivity index (χ2n) is 3.45. The quantitative estimate of drug-likeness (QED) is 0.498. The molecule has 0 radical (unpaired) electrons. The van der Waals surface area contributed by atoms with Crippen LogP contribution in [0.2, 0.25) is 0 Å². The molecule has 1 aromatic carbocycles. The van der Waals surface area contributed by atoms with Crippen molar-refractivity contribution in [3.05, 3.63) is 53.9 Å². The van der Waals surface area contributed by atoms with E-state index in [0.717, 1.165) is 0 Å². The molecule has 0 N–H and O–H groups in total. The molecular weight excluding hydrogens is 220 g/mol. The molecule has 17 heavy (non-hydrogen) atoms. The van der Waals surface area contributed by atoms with Gasteiger partial charge in [-0.25, -0.2) is 4.52 Å². The molecule has 5 heteroatoms. The number of nitrogens with zero attached hydrogens (tertiary/aromatic N) is 2. The number of hydrogen-bond donors (Lipinski definition) is 0. The number of furan rings is 1. The Morgan fingerprint density at radius 3 is 2.59 bits per heavy atom. The van der Waals surface area contributed by atoms with Gasteiger partial charge in [0.2, 0.25) is 5.76 Å². The highest BCUT2D eigenvalue weighted by Crippen LogP contribution is 2.19. The van der Waals surface area contributed by atoms with Gasteiger partial charge in [-0.3, -0.25) is 0 Å². The van der Waals surface area contributed by atoms with E-state index in [2.05, 4.69) is 5.16 Å². The first kappa shape index (κ1) is 9.65. The van der Waals surface area contributed by atoms with E-state index in [0.29, 0.717) is 16.1 Å². The van der Waals surface area contributed by atoms with E-state index < -0.39 is 0 Å². The van der Waals surface area contributed by atoms with Crippen LogP contribution in [0.3, 0.4) is 0 Å². The average molecular weight is 228 g/mol. The zero-order valence-electron chi connectivity index (χ0n) is 8.74. The Bertz CT molecular complexity index is 615. The van der Waals surface area contributed by atoms with Crippen LogP contribution >= 0.6 is 0 Å². The van der Waals surface area contributed by atoms with Gasteiger partial charge in [-0.15, -0.1) is 0 Å². The summed E-state index contributed by atoms with van der Waals surface area (Å²) in [5.41, 5.74) is 0.698. The van der Waals surface area contributed by atoms with Gasteiger partial charge in [-0.05, 0) is 24.3 Å². The second-order valence-corrected chi connectivity index (χ2v) is 3.45. The number of aromatic nitrogens is 2. The molecule has 2 heterocycles. The predicted molar refractivity (Wildman–Crippen MR) is 58.6 cm³/mol. The summed E-state index contributed by atoms with van der Waals surface area (Å²) in [5, 5.41) is 15.7. The Labute approximate surface area is 96.5 Å². The van der Waals surface area contributed by atoms with Gasteiger partial charge in [-0.2, -0.15) is 4.73 Å². The lowest BCUT2D eigenvalue weighted by molar-refractivity contribution is -0.586. The molecule has 0 amide bonds. The molecule has 0 aliphatic rings. The van der Waals surface area contributed by atoms with Crippen molar-refractivity contribution < 1.29 is 13.7 Å². The van der Waals surface area contributed by atoms with Crippen LogP contribution in [0.25, 0.3) is 23.0 Å². The average Bonchev–Trinajstić information content (AvgIpc) is 2.99. The summed E-state index contributed by atoms with van der Waals surface area (Å²) in [6.45, 7) is 0. The summed E-state index contributed by atoms with van der Waals surface area (Å²) in [6.07, 6.45) is 1.47. The number of rotatable bonds is 2. The zero-order valence-corrected chi connectivity index (χ0v) is 8.74. The highest BCUT2D eigenvalue weighted by atomic mass is 16.6. The van der Waals surface area contributed by atoms with Gasteiger partial charge >= 0.3 is 11.7 Å². The Morgan fingerprint density at radius 1 is 1.06 bits per heavy atom. The second kappa shape index (κ2) is 3.79. The standard InChI is InChI=1S/C12H8N2O3/c15-14-11(9-5-2-1-3-6-9)13-17-12(14)10-7-4-8-16-10/h1-8H. The van der Waals surface area contributed by atoms with E-state index in [1.54, 1.807) is 24.3 Å². The molecule has 3 rings (SSSR count). The summed E-state index contributed by atoms with van der Waals surface area (Å²) in [5.74, 6) is 0.625. The summed E-state index contributed by atoms with van der Waals surface area (Å²) >= 11 is 0. The maximum absolute atomic E-state index is 12.0. The SMILES string of the molecule is [O-][n+]1c(-c2ccccc2)noc1-c1ccco1. The van der Waals surface area contributed by atoms with Crippen LogP contribution in [0.4, 0.5) is 0 Å². The molecule has 0 saturated heterocycles. The molecule has 0 spiro atoms. The monoisotopic (exact) mass is 228 g/mol. The van der Waals surface area contributed by atoms with E-state index in [4.69, 9.17) is 8.94 Å². The van der Waals surface area contributed by atoms with Crippen LogP contribution in [-0.4, -0.2) is 5.16 Å². The summed E-state index contributed by atoms with van der Waals surface area (Å²) in [7, 11) is 0. The van der Waals surface area contributed by atoms with Gasteiger partial charge in [0.1, 0.15) is 0 Å². The van der Waals surface area contributed by atoms with Crippen LogP contribution in [0.5, 0.6) is 0 Å². The number of hydrogen-bond acceptors (Lipinski definition) is 4. The maximum atomic E-state index is 12.0. The highest BCUT2D eigenvalue weighted by molar-refractivity contribution is 5.52. The van der Waals surface area contributed by atoms with Crippen molar-refractivity contribution in [2.24, 2.45) is 0 Å². The van der Waals surface area contributed by atoms with Crippen molar-refractivity contribution in [1.82, 2.24) is 5.16 Å². The van der Waals surface area contributed by atoms with Gasteiger partial charge < -0.3 is 9.62 Å². The fourth-order valence-corrected chi connectivity index (χ4v) is 1.56. The van der Waals surface area contributed by atoms with E-state index in [1.807, 2.05) is 18.2 Å². The predicted octanol–water partition coefficient (Wildman–Crippen LogP) is 2.24. The lowest BCUT2D eigenvalue weighted by Crippen LogP contribution is -2.28. The fourth-order valence-electron chi connectivity index (χ4n) is 1.56. The van der Waals surface area contributed by atoms with Crippen LogP contribution < -0.4 is 4.73 Å². The fraction of sp³-hybridized carbons (Fsp3) is 0. The molecule has 3 aromatic rings. The van der Waals surface area contributed by atoms with Gasteiger partial charge in [0.25, 0.3) is 0 Å². The minimum absolute atomic E-state index is 0.0499. The van der Waals surface area contributed by atoms with Crippen molar-refractivity contribution in [2.75, 3.05) is 0 Å². The molecule has 2 aromatic heterocycles. The van der Waals surface area contributed by atoms with Crippen molar-refractivity contribution in [3.63, 3.8) is 0 Å². The normalized spacial score (nSPS) is 10.6. The summed E-state index contributed by atoms with van der Waals surface area (Å²) in [4.78, 5) is 0. The third kappa shape index (κ3) is 1.57. The van der Waals surface area contributed by atoms with Gasteiger partial charge in [0, 0.05) is 0 Å². The lowest BCUT2D eigenvalue weighted by Gasteiger charge is -1.99. The van der Waals surface area contributed by atoms with Crippen LogP contribution in [0.15, 0.2) is 57.7 Å². The highest BCUT2D eigenvalue weighted by Gasteiger charge is 2.23. The van der Waals surface area contributed by atoms with E-state index in [9.17, 15) is 5.21 Å². The minimum Gasteiger partial charge on any atom is -0.708 e. The minimum atomic E-state index is 0.0499. The Hall–Kier alpha value is -2.56. The molecule has 5 nitrogen and oxygen atoms in total. The third-order valence-electron chi connectivity index (χ3n) is 2.36. The Kier molecular flexibility index (Phi) is 2.15. The van der Waals surface area contributed by atoms with E-state index in [-0.39, 0.29) is 11.7 Å². The van der Waals surface area contributed by atoms with Crippen LogP contribution in [0.1, 0.15) is 0 Å². The van der Waals surface area contributed by atoms with Crippen molar-refractivity contribution in [3.8, 4) is 23.0 Å². The molecule has 0 saturated carbocycles. The molecule has 0 atom stereocenters. The van der Waals surface area contributed by atoms with Gasteiger partial charge in [-0.1, -0.05) is 18.2 Å². The first-order chi connectivity index (χ1) is 8.36. The van der Waals surface area contributed by atoms with Crippen LogP contribution in [0, 0.1) is 5.21 Å². The van der Waals surface area contributed by atoms with E-state index in [1.165, 1.54) is 6.26 Å². The number of benzene rings is 1. The topological polar surface area (TPSA) is 66.1 Å². The van der Waals surface area contributed by atoms with Crippen molar-refractivity contribution in [1.29, 1.82) is 0 Å². The largest absolute Gasteiger partial charge is 0.708 e. The molecule has 0 unspecified atom stereocenters. The molecular formula is C12H8N2O3. The van der Waals surface area contributed by atoms with Gasteiger partial charge in [0.15, 0.2) is 5.16 Å². The van der Waals surface area contributed by atoms with E-state index >= 15 is 0 Å². The molecule has 0 aliphatic carbocycles. The molecule has 0 aliphatic heterocycles. The summed E-state index contributed by atoms with van der Waals surface area (Å²) < 4.78 is 10.7. The zero-order chi connectivity index (χ0) is 11.7. The first-order valence-electron chi connectivity index (χ1n) is 5.05. The Balaban J connectivity index is 2.10. The Morgan fingerprint density at radius 2 is 1.88 bits per heavy atom. The van der Waals surface area contributed by atoms with Crippen LogP contribution in [-0.2, 0) is 0 Å². The van der Waals surface area contributed by atoms with Crippen molar-refractivity contribution >= 4 is 0 Å². The maximum Gasteiger partial charge on any atom is 0.387 e. The molecule has 84 valence electrons.